The third-order valence-electron chi connectivity index (χ3n) is 6.36. The van der Waals surface area contributed by atoms with Crippen molar-refractivity contribution in [2.45, 2.75) is 44.9 Å². The first-order chi connectivity index (χ1) is 13.0. The Balaban J connectivity index is 1.53. The molecule has 7 heteroatoms. The van der Waals surface area contributed by atoms with Crippen molar-refractivity contribution in [1.82, 2.24) is 15.0 Å². The lowest BCUT2D eigenvalue weighted by atomic mass is 9.76. The molecule has 2 unspecified atom stereocenters. The molecule has 1 spiro atoms. The molecular weight excluding hydrogens is 346 g/mol. The van der Waals surface area contributed by atoms with Crippen LogP contribution in [0.15, 0.2) is 28.9 Å². The Labute approximate surface area is 159 Å². The fourth-order valence-corrected chi connectivity index (χ4v) is 4.76. The fraction of sp³-hybridized carbons (Fsp3) is 0.650. The van der Waals surface area contributed by atoms with Crippen LogP contribution in [0.1, 0.15) is 32.4 Å². The van der Waals surface area contributed by atoms with E-state index in [2.05, 4.69) is 19.0 Å². The van der Waals surface area contributed by atoms with Crippen molar-refractivity contribution in [2.24, 2.45) is 17.8 Å². The number of carbonyl (C=O) groups excluding carboxylic acids is 2. The van der Waals surface area contributed by atoms with Crippen LogP contribution in [0.4, 0.5) is 0 Å². The van der Waals surface area contributed by atoms with Gasteiger partial charge in [-0.1, -0.05) is 44.0 Å². The predicted molar refractivity (Wildman–Crippen MR) is 97.4 cm³/mol. The largest absolute Gasteiger partial charge is 0.360 e. The van der Waals surface area contributed by atoms with Crippen LogP contribution in [0.5, 0.6) is 0 Å². The van der Waals surface area contributed by atoms with E-state index in [-0.39, 0.29) is 17.9 Å². The second-order valence-electron chi connectivity index (χ2n) is 7.97. The van der Waals surface area contributed by atoms with Gasteiger partial charge in [0.25, 0.3) is 0 Å². The zero-order valence-electron chi connectivity index (χ0n) is 16.1. The molecule has 27 heavy (non-hydrogen) atoms. The molecule has 0 aromatic carbocycles. The number of nitrogens with zero attached hydrogens (tertiary/aromatic N) is 3. The van der Waals surface area contributed by atoms with Crippen LogP contribution in [0.2, 0.25) is 0 Å². The monoisotopic (exact) mass is 373 g/mol. The summed E-state index contributed by atoms with van der Waals surface area (Å²) in [5.74, 6) is 0.182. The highest BCUT2D eigenvalue weighted by molar-refractivity contribution is 5.93. The molecule has 0 aliphatic carbocycles. The van der Waals surface area contributed by atoms with Crippen molar-refractivity contribution in [3.63, 3.8) is 0 Å². The van der Waals surface area contributed by atoms with Gasteiger partial charge in [0.15, 0.2) is 5.76 Å². The molecule has 3 aliphatic heterocycles. The molecule has 3 aliphatic rings. The molecule has 4 atom stereocenters. The Morgan fingerprint density at radius 2 is 2.22 bits per heavy atom. The molecule has 4 rings (SSSR count). The first-order valence-corrected chi connectivity index (χ1v) is 9.79. The highest BCUT2D eigenvalue weighted by Crippen LogP contribution is 2.52. The average molecular weight is 373 g/mol. The van der Waals surface area contributed by atoms with Gasteiger partial charge in [0, 0.05) is 19.7 Å². The summed E-state index contributed by atoms with van der Waals surface area (Å²) in [4.78, 5) is 29.9. The van der Waals surface area contributed by atoms with Gasteiger partial charge < -0.3 is 19.1 Å². The van der Waals surface area contributed by atoms with E-state index >= 15 is 0 Å². The van der Waals surface area contributed by atoms with Crippen LogP contribution in [-0.2, 0) is 20.9 Å². The molecule has 1 aromatic heterocycles. The van der Waals surface area contributed by atoms with Crippen LogP contribution in [0.25, 0.3) is 0 Å². The highest BCUT2D eigenvalue weighted by atomic mass is 16.5. The number of rotatable bonds is 7. The molecule has 2 saturated heterocycles. The van der Waals surface area contributed by atoms with Gasteiger partial charge in [0.2, 0.25) is 11.8 Å². The highest BCUT2D eigenvalue weighted by Gasteiger charge is 2.67. The molecule has 146 valence electrons. The zero-order chi connectivity index (χ0) is 19.2. The van der Waals surface area contributed by atoms with Crippen molar-refractivity contribution >= 4 is 11.8 Å². The first kappa shape index (κ1) is 18.2. The number of ether oxygens (including phenoxy) is 1. The molecule has 0 radical (unpaired) electrons. The minimum absolute atomic E-state index is 0.0557. The Morgan fingerprint density at radius 3 is 2.89 bits per heavy atom. The Bertz CT molecular complexity index is 742. The number of hydrogen-bond donors (Lipinski definition) is 0. The lowest BCUT2D eigenvalue weighted by molar-refractivity contribution is -0.143. The summed E-state index contributed by atoms with van der Waals surface area (Å²) in [6.07, 6.45) is 7.28. The van der Waals surface area contributed by atoms with E-state index < -0.39 is 17.4 Å². The number of hydrogen-bond acceptors (Lipinski definition) is 5. The van der Waals surface area contributed by atoms with Gasteiger partial charge in [-0.15, -0.1) is 0 Å². The van der Waals surface area contributed by atoms with E-state index in [0.29, 0.717) is 24.8 Å². The van der Waals surface area contributed by atoms with Gasteiger partial charge in [-0.05, 0) is 5.92 Å². The standard InChI is InChI=1S/C20H27N3O4/c1-4-13(5-2)10-23-12-20-8-6-15(26-20)16(17(20)19(23)25)18(24)22(3)11-14-7-9-21-27-14/h6-9,13,15-17H,4-5,10-12H2,1-3H3/t15-,16?,17?,20-/m0/s1. The van der Waals surface area contributed by atoms with E-state index in [9.17, 15) is 9.59 Å². The van der Waals surface area contributed by atoms with Gasteiger partial charge in [0.1, 0.15) is 5.60 Å². The Kier molecular flexibility index (Phi) is 4.58. The maximum atomic E-state index is 13.2. The summed E-state index contributed by atoms with van der Waals surface area (Å²) in [5, 5.41) is 3.68. The molecule has 0 N–H and O–H groups in total. The molecule has 0 saturated carbocycles. The minimum Gasteiger partial charge on any atom is -0.360 e. The number of likely N-dealkylation sites (tertiary alicyclic amines) is 1. The maximum absolute atomic E-state index is 13.2. The van der Waals surface area contributed by atoms with Gasteiger partial charge in [-0.2, -0.15) is 0 Å². The quantitative estimate of drug-likeness (QED) is 0.682. The van der Waals surface area contributed by atoms with Crippen LogP contribution >= 0.6 is 0 Å². The van der Waals surface area contributed by atoms with Crippen molar-refractivity contribution < 1.29 is 18.8 Å². The van der Waals surface area contributed by atoms with Crippen molar-refractivity contribution in [3.8, 4) is 0 Å². The second-order valence-corrected chi connectivity index (χ2v) is 7.97. The van der Waals surface area contributed by atoms with Crippen LogP contribution in [-0.4, -0.2) is 58.6 Å². The van der Waals surface area contributed by atoms with Crippen molar-refractivity contribution in [1.29, 1.82) is 0 Å². The maximum Gasteiger partial charge on any atom is 0.230 e. The minimum atomic E-state index is -0.638. The number of aromatic nitrogens is 1. The summed E-state index contributed by atoms with van der Waals surface area (Å²) in [6.45, 7) is 5.93. The number of carbonyl (C=O) groups is 2. The van der Waals surface area contributed by atoms with Gasteiger partial charge in [0.05, 0.1) is 37.2 Å². The van der Waals surface area contributed by atoms with E-state index in [4.69, 9.17) is 9.26 Å². The summed E-state index contributed by atoms with van der Waals surface area (Å²) in [6, 6.07) is 1.74. The van der Waals surface area contributed by atoms with Crippen LogP contribution in [0.3, 0.4) is 0 Å². The third-order valence-corrected chi connectivity index (χ3v) is 6.36. The third kappa shape index (κ3) is 2.88. The van der Waals surface area contributed by atoms with Gasteiger partial charge in [-0.25, -0.2) is 0 Å². The normalized spacial score (nSPS) is 31.2. The molecule has 2 amide bonds. The van der Waals surface area contributed by atoms with Crippen molar-refractivity contribution in [2.75, 3.05) is 20.1 Å². The van der Waals surface area contributed by atoms with Crippen LogP contribution in [0, 0.1) is 17.8 Å². The second kappa shape index (κ2) is 6.78. The molecule has 2 fully saturated rings. The van der Waals surface area contributed by atoms with Crippen molar-refractivity contribution in [3.05, 3.63) is 30.2 Å². The lowest BCUT2D eigenvalue weighted by Crippen LogP contribution is -2.44. The number of fused-ring (bicyclic) bond motifs is 1. The van der Waals surface area contributed by atoms with E-state index in [1.54, 1.807) is 24.2 Å². The SMILES string of the molecule is CCC(CC)CN1C[C@]23C=C[C@H](O2)C(C(=O)N(C)Cc2ccno2)C3C1=O. The summed E-state index contributed by atoms with van der Waals surface area (Å²) in [5.41, 5.74) is -0.638. The van der Waals surface area contributed by atoms with Gasteiger partial charge >= 0.3 is 0 Å². The van der Waals surface area contributed by atoms with E-state index in [1.807, 2.05) is 17.1 Å². The predicted octanol–water partition coefficient (Wildman–Crippen LogP) is 1.85. The van der Waals surface area contributed by atoms with Gasteiger partial charge in [-0.3, -0.25) is 9.59 Å². The average Bonchev–Trinajstić information content (AvgIpc) is 3.42. The molecule has 4 heterocycles. The summed E-state index contributed by atoms with van der Waals surface area (Å²) < 4.78 is 11.3. The molecule has 1 aromatic rings. The topological polar surface area (TPSA) is 75.9 Å². The number of amides is 2. The Morgan fingerprint density at radius 1 is 1.44 bits per heavy atom. The lowest BCUT2D eigenvalue weighted by Gasteiger charge is -2.27. The fourth-order valence-electron chi connectivity index (χ4n) is 4.76. The Hall–Kier alpha value is -2.15. The zero-order valence-corrected chi connectivity index (χ0v) is 16.1. The molecule has 7 nitrogen and oxygen atoms in total. The van der Waals surface area contributed by atoms with Crippen LogP contribution < -0.4 is 0 Å². The first-order valence-electron chi connectivity index (χ1n) is 9.79. The molecule has 2 bridgehead atoms. The molecular formula is C20H27N3O4. The van der Waals surface area contributed by atoms with E-state index in [0.717, 1.165) is 19.4 Å². The smallest absolute Gasteiger partial charge is 0.230 e. The van der Waals surface area contributed by atoms with E-state index in [1.165, 1.54) is 0 Å². The summed E-state index contributed by atoms with van der Waals surface area (Å²) >= 11 is 0. The summed E-state index contributed by atoms with van der Waals surface area (Å²) in [7, 11) is 1.73.